The van der Waals surface area contributed by atoms with Gasteiger partial charge in [-0.15, -0.1) is 0 Å². The van der Waals surface area contributed by atoms with E-state index in [0.29, 0.717) is 0 Å². The van der Waals surface area contributed by atoms with Crippen molar-refractivity contribution in [3.63, 3.8) is 0 Å². The van der Waals surface area contributed by atoms with E-state index in [1.807, 2.05) is 33.8 Å². The van der Waals surface area contributed by atoms with Crippen LogP contribution in [0.3, 0.4) is 0 Å². The molecule has 0 aliphatic carbocycles. The first kappa shape index (κ1) is 20.2. The van der Waals surface area contributed by atoms with Gasteiger partial charge < -0.3 is 5.73 Å². The van der Waals surface area contributed by atoms with E-state index in [9.17, 15) is 0 Å². The zero-order valence-corrected chi connectivity index (χ0v) is 14.2. The van der Waals surface area contributed by atoms with Crippen LogP contribution in [0.5, 0.6) is 0 Å². The van der Waals surface area contributed by atoms with Crippen molar-refractivity contribution < 1.29 is 0 Å². The van der Waals surface area contributed by atoms with Gasteiger partial charge in [-0.25, -0.2) is 0 Å². The molecule has 1 aromatic rings. The average Bonchev–Trinajstić information content (AvgIpc) is 2.42. The Morgan fingerprint density at radius 1 is 1.11 bits per heavy atom. The number of hydrogen-bond acceptors (Lipinski definition) is 1. The number of benzene rings is 1. The molecule has 1 nitrogen and oxygen atoms in total. The lowest BCUT2D eigenvalue weighted by Gasteiger charge is -2.27. The second-order valence-electron chi connectivity index (χ2n) is 5.16. The van der Waals surface area contributed by atoms with Crippen molar-refractivity contribution in [3.8, 4) is 0 Å². The molecule has 0 heterocycles. The maximum Gasteiger partial charge on any atom is 0.0344 e. The monoisotopic (exact) mass is 263 g/mol. The van der Waals surface area contributed by atoms with Crippen molar-refractivity contribution in [2.45, 2.75) is 61.4 Å². The molecule has 0 aliphatic heterocycles. The normalized spacial score (nSPS) is 11.4. The van der Waals surface area contributed by atoms with Crippen LogP contribution in [0.1, 0.15) is 71.2 Å². The summed E-state index contributed by atoms with van der Waals surface area (Å²) in [5.41, 5.74) is 9.90. The van der Waals surface area contributed by atoms with Gasteiger partial charge in [0, 0.05) is 6.04 Å². The highest BCUT2D eigenvalue weighted by molar-refractivity contribution is 5.53. The van der Waals surface area contributed by atoms with Crippen LogP contribution in [0, 0.1) is 12.3 Å². The van der Waals surface area contributed by atoms with Crippen LogP contribution in [0.4, 0.5) is 0 Å². The third-order valence-electron chi connectivity index (χ3n) is 2.82. The summed E-state index contributed by atoms with van der Waals surface area (Å²) in [6, 6.07) is 6.42. The first-order chi connectivity index (χ1) is 8.86. The van der Waals surface area contributed by atoms with Crippen LogP contribution in [0.15, 0.2) is 24.8 Å². The van der Waals surface area contributed by atoms with Gasteiger partial charge in [-0.05, 0) is 35.1 Å². The topological polar surface area (TPSA) is 26.0 Å². The summed E-state index contributed by atoms with van der Waals surface area (Å²) in [5.74, 6) is 0. The van der Waals surface area contributed by atoms with Crippen LogP contribution in [-0.4, -0.2) is 0 Å². The van der Waals surface area contributed by atoms with Crippen molar-refractivity contribution in [1.29, 1.82) is 0 Å². The van der Waals surface area contributed by atoms with E-state index in [-0.39, 0.29) is 11.5 Å². The summed E-state index contributed by atoms with van der Waals surface area (Å²) >= 11 is 0. The Balaban J connectivity index is 0. The Morgan fingerprint density at radius 2 is 1.58 bits per heavy atom. The van der Waals surface area contributed by atoms with Crippen LogP contribution < -0.4 is 5.73 Å². The smallest absolute Gasteiger partial charge is 0.0344 e. The summed E-state index contributed by atoms with van der Waals surface area (Å²) in [6.07, 6.45) is 1.88. The van der Waals surface area contributed by atoms with Crippen LogP contribution in [-0.2, 0) is 0 Å². The van der Waals surface area contributed by atoms with Gasteiger partial charge in [0.1, 0.15) is 0 Å². The largest absolute Gasteiger partial charge is 0.324 e. The van der Waals surface area contributed by atoms with Gasteiger partial charge in [-0.3, -0.25) is 0 Å². The molecule has 0 fully saturated rings. The van der Waals surface area contributed by atoms with Crippen LogP contribution in [0.2, 0.25) is 0 Å². The Morgan fingerprint density at radius 3 is 1.95 bits per heavy atom. The second-order valence-corrected chi connectivity index (χ2v) is 5.16. The average molecular weight is 263 g/mol. The number of nitrogens with two attached hydrogens (primary N) is 1. The molecule has 0 bridgehead atoms. The number of hydrogen-bond donors (Lipinski definition) is 1. The van der Waals surface area contributed by atoms with E-state index >= 15 is 0 Å². The third-order valence-corrected chi connectivity index (χ3v) is 2.82. The standard InChI is InChI=1S/C14H21N.2C2H6/c1-6-11-9-12(8-7-10(11)2)13(15)14(3,4)5;2*1-2/h6-9,13H,1,15H2,2-5H3;2*1-2H3. The predicted octanol–water partition coefficient (Wildman–Crippen LogP) is 5.74. The Bertz CT molecular complexity index is 358. The van der Waals surface area contributed by atoms with Gasteiger partial charge in [-0.1, -0.05) is 73.3 Å². The number of aryl methyl sites for hydroxylation is 1. The molecule has 1 rings (SSSR count). The maximum absolute atomic E-state index is 6.21. The Hall–Kier alpha value is -1.08. The molecular weight excluding hydrogens is 230 g/mol. The van der Waals surface area contributed by atoms with E-state index in [1.165, 1.54) is 16.7 Å². The second kappa shape index (κ2) is 9.80. The quantitative estimate of drug-likeness (QED) is 0.723. The summed E-state index contributed by atoms with van der Waals surface area (Å²) < 4.78 is 0. The molecule has 1 heteroatoms. The van der Waals surface area contributed by atoms with Crippen molar-refractivity contribution in [1.82, 2.24) is 0 Å². The predicted molar refractivity (Wildman–Crippen MR) is 90.3 cm³/mol. The summed E-state index contributed by atoms with van der Waals surface area (Å²) in [6.45, 7) is 20.4. The highest BCUT2D eigenvalue weighted by Crippen LogP contribution is 2.31. The molecule has 0 saturated carbocycles. The maximum atomic E-state index is 6.21. The molecule has 0 saturated heterocycles. The van der Waals surface area contributed by atoms with Gasteiger partial charge >= 0.3 is 0 Å². The molecule has 1 atom stereocenters. The third kappa shape index (κ3) is 6.58. The number of rotatable bonds is 2. The van der Waals surface area contributed by atoms with Gasteiger partial charge in [-0.2, -0.15) is 0 Å². The van der Waals surface area contributed by atoms with Gasteiger partial charge in [0.2, 0.25) is 0 Å². The van der Waals surface area contributed by atoms with Crippen molar-refractivity contribution in [3.05, 3.63) is 41.5 Å². The minimum atomic E-state index is 0.0665. The highest BCUT2D eigenvalue weighted by atomic mass is 14.7. The van der Waals surface area contributed by atoms with E-state index in [0.717, 1.165) is 0 Å². The fourth-order valence-electron chi connectivity index (χ4n) is 1.57. The van der Waals surface area contributed by atoms with Crippen molar-refractivity contribution in [2.75, 3.05) is 0 Å². The first-order valence-electron chi connectivity index (χ1n) is 7.35. The fraction of sp³-hybridized carbons (Fsp3) is 0.556. The van der Waals surface area contributed by atoms with Gasteiger partial charge in [0.15, 0.2) is 0 Å². The summed E-state index contributed by atoms with van der Waals surface area (Å²) in [4.78, 5) is 0. The van der Waals surface area contributed by atoms with Crippen molar-refractivity contribution >= 4 is 6.08 Å². The summed E-state index contributed by atoms with van der Waals surface area (Å²) in [5, 5.41) is 0. The van der Waals surface area contributed by atoms with Crippen LogP contribution >= 0.6 is 0 Å². The molecular formula is C18H33N. The van der Waals surface area contributed by atoms with E-state index < -0.39 is 0 Å². The molecule has 0 radical (unpaired) electrons. The van der Waals surface area contributed by atoms with E-state index in [4.69, 9.17) is 5.73 Å². The molecule has 1 aromatic carbocycles. The minimum absolute atomic E-state index is 0.0665. The zero-order chi connectivity index (χ0) is 15.6. The SMILES string of the molecule is C=Cc1cc(C(N)C(C)(C)C)ccc1C.CC.CC. The summed E-state index contributed by atoms with van der Waals surface area (Å²) in [7, 11) is 0. The molecule has 0 spiro atoms. The van der Waals surface area contributed by atoms with Gasteiger partial charge in [0.05, 0.1) is 0 Å². The molecule has 1 unspecified atom stereocenters. The molecule has 110 valence electrons. The van der Waals surface area contributed by atoms with E-state index in [2.05, 4.69) is 52.5 Å². The fourth-order valence-corrected chi connectivity index (χ4v) is 1.57. The first-order valence-corrected chi connectivity index (χ1v) is 7.35. The minimum Gasteiger partial charge on any atom is -0.324 e. The van der Waals surface area contributed by atoms with Gasteiger partial charge in [0.25, 0.3) is 0 Å². The lowest BCUT2D eigenvalue weighted by Crippen LogP contribution is -2.26. The zero-order valence-electron chi connectivity index (χ0n) is 14.2. The molecule has 0 aliphatic rings. The molecule has 2 N–H and O–H groups in total. The Labute approximate surface area is 120 Å². The lowest BCUT2D eigenvalue weighted by atomic mass is 9.82. The van der Waals surface area contributed by atoms with Crippen LogP contribution in [0.25, 0.3) is 6.08 Å². The molecule has 0 amide bonds. The van der Waals surface area contributed by atoms with Crippen molar-refractivity contribution in [2.24, 2.45) is 11.1 Å². The molecule has 19 heavy (non-hydrogen) atoms. The van der Waals surface area contributed by atoms with E-state index in [1.54, 1.807) is 0 Å². The lowest BCUT2D eigenvalue weighted by molar-refractivity contribution is 0.327. The highest BCUT2D eigenvalue weighted by Gasteiger charge is 2.22. The Kier molecular flexibility index (Phi) is 10.4. The molecule has 0 aromatic heterocycles.